The number of nitrogens with zero attached hydrogens (tertiary/aromatic N) is 1. The third-order valence-electron chi connectivity index (χ3n) is 4.61. The Labute approximate surface area is 190 Å². The number of nitrogens with one attached hydrogen (secondary N) is 2. The van der Waals surface area contributed by atoms with Crippen molar-refractivity contribution in [3.8, 4) is 11.5 Å². The van der Waals surface area contributed by atoms with E-state index in [1.54, 1.807) is 21.3 Å². The van der Waals surface area contributed by atoms with Crippen molar-refractivity contribution in [1.29, 1.82) is 0 Å². The lowest BCUT2D eigenvalue weighted by molar-refractivity contribution is 0.265. The molecular formula is C22H32IN3O3. The topological polar surface area (TPSA) is 75.1 Å². The van der Waals surface area contributed by atoms with Crippen molar-refractivity contribution >= 4 is 29.9 Å². The molecule has 0 aliphatic carbocycles. The summed E-state index contributed by atoms with van der Waals surface area (Å²) in [6.45, 7) is 1.51. The zero-order chi connectivity index (χ0) is 20.2. The smallest absolute Gasteiger partial charge is 0.190 e. The van der Waals surface area contributed by atoms with Crippen LogP contribution in [0.5, 0.6) is 11.5 Å². The van der Waals surface area contributed by atoms with E-state index in [1.165, 1.54) is 5.56 Å². The van der Waals surface area contributed by atoms with Crippen LogP contribution in [0.2, 0.25) is 0 Å². The zero-order valence-corrected chi connectivity index (χ0v) is 19.7. The van der Waals surface area contributed by atoms with E-state index >= 15 is 0 Å². The first-order valence-corrected chi connectivity index (χ1v) is 9.53. The number of guanidine groups is 1. The number of aliphatic hydroxyl groups excluding tert-OH is 1. The SMILES string of the molecule is CN=C(NCCCc1ccc(OC)c(OC)c1)NCC(CO)c1ccccc1.I. The number of halogens is 1. The molecule has 2 aromatic rings. The summed E-state index contributed by atoms with van der Waals surface area (Å²) in [5.74, 6) is 2.26. The second-order valence-electron chi connectivity index (χ2n) is 6.46. The normalized spacial score (nSPS) is 11.9. The molecule has 0 saturated heterocycles. The Kier molecular flexibility index (Phi) is 12.1. The molecule has 1 unspecified atom stereocenters. The van der Waals surface area contributed by atoms with Gasteiger partial charge < -0.3 is 25.2 Å². The second-order valence-corrected chi connectivity index (χ2v) is 6.46. The molecular weight excluding hydrogens is 481 g/mol. The van der Waals surface area contributed by atoms with Gasteiger partial charge >= 0.3 is 0 Å². The van der Waals surface area contributed by atoms with Gasteiger partial charge in [0, 0.05) is 26.1 Å². The van der Waals surface area contributed by atoms with Gasteiger partial charge in [-0.05, 0) is 36.1 Å². The average Bonchev–Trinajstić information content (AvgIpc) is 2.76. The molecule has 3 N–H and O–H groups in total. The van der Waals surface area contributed by atoms with E-state index in [0.717, 1.165) is 42.4 Å². The van der Waals surface area contributed by atoms with Gasteiger partial charge in [-0.3, -0.25) is 4.99 Å². The van der Waals surface area contributed by atoms with Crippen molar-refractivity contribution in [3.05, 3.63) is 59.7 Å². The van der Waals surface area contributed by atoms with Crippen LogP contribution in [0.3, 0.4) is 0 Å². The number of hydrogen-bond acceptors (Lipinski definition) is 4. The fourth-order valence-electron chi connectivity index (χ4n) is 2.99. The average molecular weight is 513 g/mol. The molecule has 0 aliphatic rings. The molecule has 2 rings (SSSR count). The monoisotopic (exact) mass is 513 g/mol. The predicted molar refractivity (Wildman–Crippen MR) is 129 cm³/mol. The summed E-state index contributed by atoms with van der Waals surface area (Å²) in [5, 5.41) is 16.3. The van der Waals surface area contributed by atoms with E-state index in [1.807, 2.05) is 42.5 Å². The number of aryl methyl sites for hydroxylation is 1. The van der Waals surface area contributed by atoms with Gasteiger partial charge in [0.15, 0.2) is 17.5 Å². The summed E-state index contributed by atoms with van der Waals surface area (Å²) in [6, 6.07) is 16.0. The highest BCUT2D eigenvalue weighted by Crippen LogP contribution is 2.27. The maximum absolute atomic E-state index is 9.67. The summed E-state index contributed by atoms with van der Waals surface area (Å²) in [7, 11) is 5.03. The molecule has 0 amide bonds. The van der Waals surface area contributed by atoms with Crippen LogP contribution in [0.25, 0.3) is 0 Å². The summed E-state index contributed by atoms with van der Waals surface area (Å²) in [5.41, 5.74) is 2.31. The van der Waals surface area contributed by atoms with Gasteiger partial charge in [-0.15, -0.1) is 24.0 Å². The van der Waals surface area contributed by atoms with Crippen molar-refractivity contribution in [1.82, 2.24) is 10.6 Å². The Balaban J connectivity index is 0.00000420. The van der Waals surface area contributed by atoms with Crippen LogP contribution in [0.1, 0.15) is 23.5 Å². The Morgan fingerprint density at radius 1 is 1.03 bits per heavy atom. The summed E-state index contributed by atoms with van der Waals surface area (Å²) in [4.78, 5) is 4.26. The Morgan fingerprint density at radius 2 is 1.76 bits per heavy atom. The van der Waals surface area contributed by atoms with Gasteiger partial charge in [-0.1, -0.05) is 36.4 Å². The van der Waals surface area contributed by atoms with E-state index in [-0.39, 0.29) is 36.5 Å². The van der Waals surface area contributed by atoms with Crippen LogP contribution < -0.4 is 20.1 Å². The van der Waals surface area contributed by atoms with Crippen molar-refractivity contribution < 1.29 is 14.6 Å². The highest BCUT2D eigenvalue weighted by molar-refractivity contribution is 14.0. The molecule has 0 aliphatic heterocycles. The molecule has 0 heterocycles. The third kappa shape index (κ3) is 8.10. The predicted octanol–water partition coefficient (Wildman–Crippen LogP) is 3.20. The molecule has 1 atom stereocenters. The Morgan fingerprint density at radius 3 is 2.38 bits per heavy atom. The number of methoxy groups -OCH3 is 2. The first-order valence-electron chi connectivity index (χ1n) is 9.53. The van der Waals surface area contributed by atoms with Crippen molar-refractivity contribution in [2.24, 2.45) is 4.99 Å². The Hall–Kier alpha value is -2.00. The van der Waals surface area contributed by atoms with E-state index in [0.29, 0.717) is 6.54 Å². The lowest BCUT2D eigenvalue weighted by Crippen LogP contribution is -2.40. The van der Waals surface area contributed by atoms with Crippen molar-refractivity contribution in [3.63, 3.8) is 0 Å². The molecule has 2 aromatic carbocycles. The van der Waals surface area contributed by atoms with E-state index < -0.39 is 0 Å². The van der Waals surface area contributed by atoms with Crippen LogP contribution in [0.4, 0.5) is 0 Å². The first kappa shape index (κ1) is 25.0. The molecule has 0 saturated carbocycles. The largest absolute Gasteiger partial charge is 0.493 e. The molecule has 0 bridgehead atoms. The quantitative estimate of drug-likeness (QED) is 0.197. The van der Waals surface area contributed by atoms with Gasteiger partial charge in [0.25, 0.3) is 0 Å². The number of aliphatic imine (C=N–C) groups is 1. The number of benzene rings is 2. The minimum Gasteiger partial charge on any atom is -0.493 e. The zero-order valence-electron chi connectivity index (χ0n) is 17.4. The van der Waals surface area contributed by atoms with Crippen LogP contribution in [-0.4, -0.2) is 52.0 Å². The fourth-order valence-corrected chi connectivity index (χ4v) is 2.99. The maximum atomic E-state index is 9.67. The molecule has 7 heteroatoms. The van der Waals surface area contributed by atoms with Crippen molar-refractivity contribution in [2.45, 2.75) is 18.8 Å². The van der Waals surface area contributed by atoms with Gasteiger partial charge in [0.05, 0.1) is 20.8 Å². The number of ether oxygens (including phenoxy) is 2. The molecule has 0 fully saturated rings. The van der Waals surface area contributed by atoms with E-state index in [9.17, 15) is 5.11 Å². The van der Waals surface area contributed by atoms with E-state index in [4.69, 9.17) is 9.47 Å². The fraction of sp³-hybridized carbons (Fsp3) is 0.409. The van der Waals surface area contributed by atoms with Crippen LogP contribution in [0.15, 0.2) is 53.5 Å². The molecule has 0 spiro atoms. The summed E-state index contributed by atoms with van der Waals surface area (Å²) >= 11 is 0. The maximum Gasteiger partial charge on any atom is 0.190 e. The first-order chi connectivity index (χ1) is 13.7. The molecule has 6 nitrogen and oxygen atoms in total. The molecule has 29 heavy (non-hydrogen) atoms. The highest BCUT2D eigenvalue weighted by Gasteiger charge is 2.10. The third-order valence-corrected chi connectivity index (χ3v) is 4.61. The van der Waals surface area contributed by atoms with Crippen LogP contribution >= 0.6 is 24.0 Å². The standard InChI is InChI=1S/C22H31N3O3.HI/c1-23-22(25-15-19(16-26)18-9-5-4-6-10-18)24-13-7-8-17-11-12-20(27-2)21(14-17)28-3;/h4-6,9-12,14,19,26H,7-8,13,15-16H2,1-3H3,(H2,23,24,25);1H. The molecule has 160 valence electrons. The van der Waals surface area contributed by atoms with Crippen LogP contribution in [0, 0.1) is 0 Å². The molecule has 0 aromatic heterocycles. The number of rotatable bonds is 10. The van der Waals surface area contributed by atoms with Crippen molar-refractivity contribution in [2.75, 3.05) is 41.0 Å². The lowest BCUT2D eigenvalue weighted by Gasteiger charge is -2.18. The number of aliphatic hydroxyl groups is 1. The number of hydrogen-bond donors (Lipinski definition) is 3. The van der Waals surface area contributed by atoms with E-state index in [2.05, 4.69) is 21.7 Å². The highest BCUT2D eigenvalue weighted by atomic mass is 127. The van der Waals surface area contributed by atoms with Gasteiger partial charge in [0.2, 0.25) is 0 Å². The summed E-state index contributed by atoms with van der Waals surface area (Å²) in [6.07, 6.45) is 1.88. The van der Waals surface area contributed by atoms with Crippen LogP contribution in [-0.2, 0) is 6.42 Å². The lowest BCUT2D eigenvalue weighted by atomic mass is 10.0. The van der Waals surface area contributed by atoms with Gasteiger partial charge in [0.1, 0.15) is 0 Å². The second kappa shape index (κ2) is 14.1. The van der Waals surface area contributed by atoms with Gasteiger partial charge in [-0.2, -0.15) is 0 Å². The minimum atomic E-state index is 0. The minimum absolute atomic E-state index is 0. The molecule has 0 radical (unpaired) electrons. The van der Waals surface area contributed by atoms with Gasteiger partial charge in [-0.25, -0.2) is 0 Å². The Bertz CT molecular complexity index is 741. The summed E-state index contributed by atoms with van der Waals surface area (Å²) < 4.78 is 10.6.